The summed E-state index contributed by atoms with van der Waals surface area (Å²) in [6.07, 6.45) is -0.493. The second kappa shape index (κ2) is 6.53. The van der Waals surface area contributed by atoms with Gasteiger partial charge in [0.1, 0.15) is 0 Å². The van der Waals surface area contributed by atoms with Crippen molar-refractivity contribution < 1.29 is 19.4 Å². The summed E-state index contributed by atoms with van der Waals surface area (Å²) in [6, 6.07) is 3.72. The zero-order valence-corrected chi connectivity index (χ0v) is 11.2. The minimum Gasteiger partial charge on any atom is -0.481 e. The van der Waals surface area contributed by atoms with Crippen LogP contribution in [-0.2, 0) is 16.1 Å². The third-order valence-electron chi connectivity index (χ3n) is 2.82. The van der Waals surface area contributed by atoms with E-state index in [4.69, 9.17) is 9.84 Å². The van der Waals surface area contributed by atoms with E-state index in [1.54, 1.807) is 16.2 Å². The molecule has 19 heavy (non-hydrogen) atoms. The SMILES string of the molecule is O=C(O)CC1CN(C(=O)NCc2cccs2)CCO1. The Bertz CT molecular complexity index is 435. The second-order valence-electron chi connectivity index (χ2n) is 4.27. The Hall–Kier alpha value is -1.60. The smallest absolute Gasteiger partial charge is 0.317 e. The van der Waals surface area contributed by atoms with E-state index in [1.165, 1.54) is 0 Å². The van der Waals surface area contributed by atoms with Crippen LogP contribution in [0.5, 0.6) is 0 Å². The topological polar surface area (TPSA) is 78.9 Å². The third-order valence-corrected chi connectivity index (χ3v) is 3.70. The summed E-state index contributed by atoms with van der Waals surface area (Å²) in [5.41, 5.74) is 0. The molecule has 0 radical (unpaired) electrons. The molecule has 1 aromatic rings. The molecule has 6 nitrogen and oxygen atoms in total. The van der Waals surface area contributed by atoms with Crippen molar-refractivity contribution in [1.29, 1.82) is 0 Å². The van der Waals surface area contributed by atoms with Crippen LogP contribution < -0.4 is 5.32 Å². The molecule has 1 aliphatic rings. The van der Waals surface area contributed by atoms with Gasteiger partial charge in [0.25, 0.3) is 0 Å². The fraction of sp³-hybridized carbons (Fsp3) is 0.500. The molecule has 0 saturated carbocycles. The van der Waals surface area contributed by atoms with Crippen molar-refractivity contribution in [2.75, 3.05) is 19.7 Å². The number of urea groups is 1. The summed E-state index contributed by atoms with van der Waals surface area (Å²) in [7, 11) is 0. The number of carboxylic acid groups (broad SMARTS) is 1. The molecule has 1 aromatic heterocycles. The Morgan fingerprint density at radius 3 is 3.11 bits per heavy atom. The van der Waals surface area contributed by atoms with Gasteiger partial charge in [0, 0.05) is 18.0 Å². The molecule has 2 N–H and O–H groups in total. The minimum absolute atomic E-state index is 0.0747. The van der Waals surface area contributed by atoms with Gasteiger partial charge in [0.15, 0.2) is 0 Å². The van der Waals surface area contributed by atoms with Gasteiger partial charge in [0.2, 0.25) is 0 Å². The first-order chi connectivity index (χ1) is 9.15. The maximum absolute atomic E-state index is 11.9. The number of ether oxygens (including phenoxy) is 1. The molecule has 104 valence electrons. The van der Waals surface area contributed by atoms with Gasteiger partial charge in [-0.25, -0.2) is 4.79 Å². The van der Waals surface area contributed by atoms with Gasteiger partial charge < -0.3 is 20.1 Å². The Morgan fingerprint density at radius 1 is 1.58 bits per heavy atom. The molecule has 2 heterocycles. The molecule has 7 heteroatoms. The molecule has 1 atom stereocenters. The summed E-state index contributed by atoms with van der Waals surface area (Å²) < 4.78 is 5.32. The number of amides is 2. The lowest BCUT2D eigenvalue weighted by Gasteiger charge is -2.32. The van der Waals surface area contributed by atoms with E-state index in [0.29, 0.717) is 26.2 Å². The second-order valence-corrected chi connectivity index (χ2v) is 5.31. The van der Waals surface area contributed by atoms with Gasteiger partial charge in [-0.05, 0) is 11.4 Å². The highest BCUT2D eigenvalue weighted by molar-refractivity contribution is 7.09. The number of carbonyl (C=O) groups is 2. The summed E-state index contributed by atoms with van der Waals surface area (Å²) in [6.45, 7) is 1.69. The highest BCUT2D eigenvalue weighted by Gasteiger charge is 2.25. The first-order valence-electron chi connectivity index (χ1n) is 6.03. The normalized spacial score (nSPS) is 19.2. The number of hydrogen-bond acceptors (Lipinski definition) is 4. The summed E-state index contributed by atoms with van der Waals surface area (Å²) in [5, 5.41) is 13.5. The molecule has 2 amide bonds. The van der Waals surface area contributed by atoms with Gasteiger partial charge in [-0.3, -0.25) is 4.79 Å². The molecule has 0 aliphatic carbocycles. The minimum atomic E-state index is -0.911. The zero-order valence-electron chi connectivity index (χ0n) is 10.4. The van der Waals surface area contributed by atoms with E-state index in [0.717, 1.165) is 4.88 Å². The van der Waals surface area contributed by atoms with Crippen molar-refractivity contribution >= 4 is 23.3 Å². The summed E-state index contributed by atoms with van der Waals surface area (Å²) in [4.78, 5) is 25.3. The van der Waals surface area contributed by atoms with Gasteiger partial charge in [0.05, 0.1) is 25.7 Å². The van der Waals surface area contributed by atoms with E-state index >= 15 is 0 Å². The summed E-state index contributed by atoms with van der Waals surface area (Å²) in [5.74, 6) is -0.911. The van der Waals surface area contributed by atoms with E-state index in [9.17, 15) is 9.59 Å². The number of nitrogens with one attached hydrogen (secondary N) is 1. The van der Waals surface area contributed by atoms with Crippen LogP contribution in [0.2, 0.25) is 0 Å². The number of nitrogens with zero attached hydrogens (tertiary/aromatic N) is 1. The largest absolute Gasteiger partial charge is 0.481 e. The lowest BCUT2D eigenvalue weighted by atomic mass is 10.2. The average Bonchev–Trinajstić information content (AvgIpc) is 2.88. The van der Waals surface area contributed by atoms with Crippen LogP contribution in [0.25, 0.3) is 0 Å². The van der Waals surface area contributed by atoms with Crippen molar-refractivity contribution in [3.8, 4) is 0 Å². The van der Waals surface area contributed by atoms with Gasteiger partial charge in [-0.15, -0.1) is 11.3 Å². The van der Waals surface area contributed by atoms with Gasteiger partial charge >= 0.3 is 12.0 Å². The maximum atomic E-state index is 11.9. The predicted molar refractivity (Wildman–Crippen MR) is 70.1 cm³/mol. The number of carboxylic acids is 1. The van der Waals surface area contributed by atoms with Crippen LogP contribution in [0, 0.1) is 0 Å². The molecule has 1 aliphatic heterocycles. The van der Waals surface area contributed by atoms with E-state index < -0.39 is 12.1 Å². The third kappa shape index (κ3) is 4.22. The van der Waals surface area contributed by atoms with Crippen molar-refractivity contribution in [3.05, 3.63) is 22.4 Å². The molecule has 0 aromatic carbocycles. The Labute approximate surface area is 115 Å². The summed E-state index contributed by atoms with van der Waals surface area (Å²) >= 11 is 1.58. The Morgan fingerprint density at radius 2 is 2.42 bits per heavy atom. The van der Waals surface area contributed by atoms with Crippen LogP contribution in [0.15, 0.2) is 17.5 Å². The van der Waals surface area contributed by atoms with Gasteiger partial charge in [-0.2, -0.15) is 0 Å². The van der Waals surface area contributed by atoms with Gasteiger partial charge in [-0.1, -0.05) is 6.07 Å². The highest BCUT2D eigenvalue weighted by Crippen LogP contribution is 2.10. The molecule has 0 spiro atoms. The number of aliphatic carboxylic acids is 1. The van der Waals surface area contributed by atoms with E-state index in [2.05, 4.69) is 5.32 Å². The van der Waals surface area contributed by atoms with E-state index in [-0.39, 0.29) is 12.5 Å². The fourth-order valence-corrected chi connectivity index (χ4v) is 2.55. The fourth-order valence-electron chi connectivity index (χ4n) is 1.91. The van der Waals surface area contributed by atoms with Crippen molar-refractivity contribution in [1.82, 2.24) is 10.2 Å². The molecule has 1 saturated heterocycles. The first kappa shape index (κ1) is 13.8. The lowest BCUT2D eigenvalue weighted by Crippen LogP contribution is -2.49. The Kier molecular flexibility index (Phi) is 4.75. The molecular formula is C12H16N2O4S. The number of morpholine rings is 1. The van der Waals surface area contributed by atoms with Crippen LogP contribution in [0.4, 0.5) is 4.79 Å². The quantitative estimate of drug-likeness (QED) is 0.869. The number of thiophene rings is 1. The number of hydrogen-bond donors (Lipinski definition) is 2. The van der Waals surface area contributed by atoms with Crippen LogP contribution in [-0.4, -0.2) is 47.8 Å². The highest BCUT2D eigenvalue weighted by atomic mass is 32.1. The van der Waals surface area contributed by atoms with Crippen molar-refractivity contribution in [2.45, 2.75) is 19.1 Å². The molecular weight excluding hydrogens is 268 g/mol. The standard InChI is InChI=1S/C12H16N2O4S/c15-11(16)6-9-8-14(3-4-18-9)12(17)13-7-10-2-1-5-19-10/h1-2,5,9H,3-4,6-8H2,(H,13,17)(H,15,16). The van der Waals surface area contributed by atoms with Crippen LogP contribution in [0.3, 0.4) is 0 Å². The maximum Gasteiger partial charge on any atom is 0.317 e. The molecule has 2 rings (SSSR count). The lowest BCUT2D eigenvalue weighted by molar-refractivity contribution is -0.141. The van der Waals surface area contributed by atoms with Crippen LogP contribution >= 0.6 is 11.3 Å². The number of rotatable bonds is 4. The molecule has 1 fully saturated rings. The van der Waals surface area contributed by atoms with Crippen LogP contribution in [0.1, 0.15) is 11.3 Å². The van der Waals surface area contributed by atoms with Crippen molar-refractivity contribution in [2.24, 2.45) is 0 Å². The first-order valence-corrected chi connectivity index (χ1v) is 6.91. The predicted octanol–water partition coefficient (Wildman–Crippen LogP) is 1.13. The molecule has 0 bridgehead atoms. The van der Waals surface area contributed by atoms with Crippen molar-refractivity contribution in [3.63, 3.8) is 0 Å². The number of carbonyl (C=O) groups excluding carboxylic acids is 1. The Balaban J connectivity index is 1.79. The zero-order chi connectivity index (χ0) is 13.7. The molecule has 1 unspecified atom stereocenters. The average molecular weight is 284 g/mol. The monoisotopic (exact) mass is 284 g/mol. The van der Waals surface area contributed by atoms with E-state index in [1.807, 2.05) is 17.5 Å².